The summed E-state index contributed by atoms with van der Waals surface area (Å²) in [7, 11) is 0. The normalized spacial score (nSPS) is 16.9. The Labute approximate surface area is 151 Å². The summed E-state index contributed by atoms with van der Waals surface area (Å²) in [5.41, 5.74) is 6.10. The number of amides is 1. The molecule has 24 heavy (non-hydrogen) atoms. The van der Waals surface area contributed by atoms with Crippen LogP contribution >= 0.6 is 12.4 Å². The molecule has 2 atom stereocenters. The molecule has 136 valence electrons. The number of carbonyl (C=O) groups excluding carboxylic acids is 2. The van der Waals surface area contributed by atoms with Crippen LogP contribution in [0.4, 0.5) is 0 Å². The maximum atomic E-state index is 12.5. The second kappa shape index (κ2) is 10.3. The fraction of sp³-hybridized carbons (Fsp3) is 0.556. The van der Waals surface area contributed by atoms with Crippen molar-refractivity contribution in [3.63, 3.8) is 0 Å². The number of benzene rings is 1. The molecule has 5 nitrogen and oxygen atoms in total. The molecule has 1 aromatic rings. The first-order chi connectivity index (χ1) is 11.1. The van der Waals surface area contributed by atoms with Crippen molar-refractivity contribution in [2.45, 2.75) is 44.6 Å². The zero-order valence-corrected chi connectivity index (χ0v) is 14.9. The minimum absolute atomic E-state index is 0. The van der Waals surface area contributed by atoms with Crippen LogP contribution < -0.4 is 11.1 Å². The van der Waals surface area contributed by atoms with Gasteiger partial charge in [0.1, 0.15) is 6.10 Å². The van der Waals surface area contributed by atoms with Crippen molar-refractivity contribution in [2.24, 2.45) is 11.7 Å². The predicted molar refractivity (Wildman–Crippen MR) is 98.1 cm³/mol. The van der Waals surface area contributed by atoms with Gasteiger partial charge in [0, 0.05) is 7.97 Å². The lowest BCUT2D eigenvalue weighted by Crippen LogP contribution is -2.40. The first-order valence-electron chi connectivity index (χ1n) is 8.32. The van der Waals surface area contributed by atoms with Gasteiger partial charge in [-0.05, 0) is 31.2 Å². The Bertz CT molecular complexity index is 524. The van der Waals surface area contributed by atoms with Crippen LogP contribution in [0, 0.1) is 5.92 Å². The highest BCUT2D eigenvalue weighted by Gasteiger charge is 2.29. The van der Waals surface area contributed by atoms with Crippen molar-refractivity contribution in [1.82, 2.24) is 5.32 Å². The van der Waals surface area contributed by atoms with Gasteiger partial charge in [0.25, 0.3) is 0 Å². The van der Waals surface area contributed by atoms with Crippen LogP contribution in [-0.2, 0) is 14.3 Å². The minimum Gasteiger partial charge on any atom is -0.460 e. The van der Waals surface area contributed by atoms with E-state index >= 15 is 0 Å². The van der Waals surface area contributed by atoms with Crippen molar-refractivity contribution in [1.29, 1.82) is 0 Å². The molecule has 0 aromatic heterocycles. The van der Waals surface area contributed by atoms with Crippen molar-refractivity contribution in [2.75, 3.05) is 13.1 Å². The highest BCUT2D eigenvalue weighted by atomic mass is 35.5. The molecule has 1 saturated carbocycles. The van der Waals surface area contributed by atoms with Gasteiger partial charge in [0.15, 0.2) is 0 Å². The van der Waals surface area contributed by atoms with Crippen LogP contribution in [0.2, 0.25) is 0 Å². The summed E-state index contributed by atoms with van der Waals surface area (Å²) in [6.07, 6.45) is 4.27. The van der Waals surface area contributed by atoms with Gasteiger partial charge in [-0.25, -0.2) is 0 Å². The smallest absolute Gasteiger partial charge is 0.313 e. The van der Waals surface area contributed by atoms with E-state index in [0.717, 1.165) is 18.4 Å². The monoisotopic (exact) mass is 356 g/mol. The average molecular weight is 357 g/mol. The molecule has 1 fully saturated rings. The van der Waals surface area contributed by atoms with E-state index in [9.17, 15) is 9.59 Å². The number of carbonyl (C=O) groups is 2. The summed E-state index contributed by atoms with van der Waals surface area (Å²) < 4.78 is 5.78. The van der Waals surface area contributed by atoms with Crippen molar-refractivity contribution >= 4 is 24.3 Å². The first kappa shape index (κ1) is 20.5. The highest BCUT2D eigenvalue weighted by molar-refractivity contribution is 5.85. The van der Waals surface area contributed by atoms with Crippen LogP contribution in [0.25, 0.3) is 0 Å². The molecule has 3 N–H and O–H groups in total. The number of ether oxygens (including phenoxy) is 1. The summed E-state index contributed by atoms with van der Waals surface area (Å²) in [6, 6.07) is 9.63. The number of hydrogen-bond acceptors (Lipinski definition) is 4. The number of rotatable bonds is 8. The number of halogens is 1. The van der Waals surface area contributed by atoms with E-state index in [2.05, 4.69) is 5.32 Å². The van der Waals surface area contributed by atoms with Gasteiger partial charge < -0.3 is 15.8 Å². The second-order valence-electron chi connectivity index (χ2n) is 6.25. The quantitative estimate of drug-likeness (QED) is 0.701. The second-order valence-corrected chi connectivity index (χ2v) is 6.25. The molecule has 0 heterocycles. The van der Waals surface area contributed by atoms with E-state index in [4.69, 9.17) is 10.5 Å². The van der Waals surface area contributed by atoms with Gasteiger partial charge in [-0.15, -0.1) is 12.4 Å². The molecule has 0 bridgehead atoms. The Kier molecular flexibility index (Phi) is 8.79. The maximum Gasteiger partial charge on any atom is 0.313 e. The standard InChI is InChI=1S/C18H26N2O3.ClH.H2/c1-13(14-7-3-2-4-8-14)18(22)23-16(11-20-12-17(19)21)15-9-5-6-10-15;;/h2-4,7-8,13,15-16,20H,5-6,9-12H2,1H3,(H2,19,21);2*1H/t13?,16-;;/m0../s1. The van der Waals surface area contributed by atoms with E-state index in [1.54, 1.807) is 0 Å². The third-order valence-electron chi connectivity index (χ3n) is 4.49. The van der Waals surface area contributed by atoms with Gasteiger partial charge >= 0.3 is 5.97 Å². The Hall–Kier alpha value is -1.59. The van der Waals surface area contributed by atoms with Crippen LogP contribution in [0.3, 0.4) is 0 Å². The van der Waals surface area contributed by atoms with Crippen LogP contribution in [0.5, 0.6) is 0 Å². The zero-order chi connectivity index (χ0) is 16.7. The third-order valence-corrected chi connectivity index (χ3v) is 4.49. The third kappa shape index (κ3) is 6.13. The van der Waals surface area contributed by atoms with Gasteiger partial charge in [-0.3, -0.25) is 9.59 Å². The van der Waals surface area contributed by atoms with Gasteiger partial charge in [-0.2, -0.15) is 0 Å². The average Bonchev–Trinajstić information content (AvgIpc) is 3.08. The molecule has 1 aromatic carbocycles. The molecule has 2 rings (SSSR count). The van der Waals surface area contributed by atoms with Crippen molar-refractivity contribution < 1.29 is 15.8 Å². The summed E-state index contributed by atoms with van der Waals surface area (Å²) in [5, 5.41) is 2.99. The summed E-state index contributed by atoms with van der Waals surface area (Å²) in [6.45, 7) is 2.44. The number of nitrogens with one attached hydrogen (secondary N) is 1. The molecular formula is C18H29ClN2O3. The molecule has 1 unspecified atom stereocenters. The zero-order valence-electron chi connectivity index (χ0n) is 14.1. The summed E-state index contributed by atoms with van der Waals surface area (Å²) in [4.78, 5) is 23.3. The molecular weight excluding hydrogens is 328 g/mol. The highest BCUT2D eigenvalue weighted by Crippen LogP contribution is 2.30. The van der Waals surface area contributed by atoms with Crippen molar-refractivity contribution in [3.8, 4) is 0 Å². The molecule has 1 aliphatic rings. The van der Waals surface area contributed by atoms with E-state index in [-0.39, 0.29) is 38.4 Å². The largest absolute Gasteiger partial charge is 0.460 e. The molecule has 0 aliphatic heterocycles. The van der Waals surface area contributed by atoms with E-state index in [1.165, 1.54) is 12.8 Å². The van der Waals surface area contributed by atoms with E-state index < -0.39 is 5.91 Å². The minimum atomic E-state index is -0.404. The van der Waals surface area contributed by atoms with Gasteiger partial charge in [-0.1, -0.05) is 43.2 Å². The Morgan fingerprint density at radius 2 is 1.92 bits per heavy atom. The number of primary amides is 1. The van der Waals surface area contributed by atoms with E-state index in [1.807, 2.05) is 37.3 Å². The Balaban J connectivity index is 0.00000288. The van der Waals surface area contributed by atoms with Gasteiger partial charge in [0.2, 0.25) is 5.91 Å². The lowest BCUT2D eigenvalue weighted by molar-refractivity contribution is -0.153. The van der Waals surface area contributed by atoms with Crippen LogP contribution in [0.1, 0.15) is 45.5 Å². The molecule has 1 aliphatic carbocycles. The van der Waals surface area contributed by atoms with Gasteiger partial charge in [0.05, 0.1) is 12.5 Å². The Morgan fingerprint density at radius 1 is 1.29 bits per heavy atom. The SMILES string of the molecule is CC(C(=O)O[C@@H](CNCC(N)=O)C1CCCC1)c1ccccc1.Cl.[HH]. The molecule has 0 spiro atoms. The number of hydrogen-bond donors (Lipinski definition) is 2. The number of nitrogens with two attached hydrogens (primary N) is 1. The lowest BCUT2D eigenvalue weighted by Gasteiger charge is -2.25. The maximum absolute atomic E-state index is 12.5. The summed E-state index contributed by atoms with van der Waals surface area (Å²) in [5.74, 6) is -0.549. The molecule has 6 heteroatoms. The fourth-order valence-electron chi connectivity index (χ4n) is 3.10. The van der Waals surface area contributed by atoms with E-state index in [0.29, 0.717) is 12.5 Å². The molecule has 0 saturated heterocycles. The Morgan fingerprint density at radius 3 is 2.50 bits per heavy atom. The topological polar surface area (TPSA) is 81.4 Å². The first-order valence-corrected chi connectivity index (χ1v) is 8.32. The van der Waals surface area contributed by atoms with Crippen molar-refractivity contribution in [3.05, 3.63) is 35.9 Å². The summed E-state index contributed by atoms with van der Waals surface area (Å²) >= 11 is 0. The lowest BCUT2D eigenvalue weighted by atomic mass is 9.99. The molecule has 0 radical (unpaired) electrons. The fourth-order valence-corrected chi connectivity index (χ4v) is 3.10. The predicted octanol–water partition coefficient (Wildman–Crippen LogP) is 2.63. The molecule has 1 amide bonds. The van der Waals surface area contributed by atoms with Crippen LogP contribution in [-0.4, -0.2) is 31.1 Å². The van der Waals surface area contributed by atoms with Crippen LogP contribution in [0.15, 0.2) is 30.3 Å². The number of esters is 1.